The Hall–Kier alpha value is -1.78. The summed E-state index contributed by atoms with van der Waals surface area (Å²) in [5.74, 6) is -1.05. The first-order valence-electron chi connectivity index (χ1n) is 5.43. The van der Waals surface area contributed by atoms with Crippen LogP contribution in [0, 0.1) is 0 Å². The van der Waals surface area contributed by atoms with E-state index in [0.29, 0.717) is 16.6 Å². The number of pyridine rings is 1. The number of carbonyl (C=O) groups is 1. The quantitative estimate of drug-likeness (QED) is 0.903. The third kappa shape index (κ3) is 3.59. The first kappa shape index (κ1) is 13.6. The second kappa shape index (κ2) is 5.91. The highest BCUT2D eigenvalue weighted by atomic mass is 35.5. The fourth-order valence-electron chi connectivity index (χ4n) is 1.48. The van der Waals surface area contributed by atoms with Gasteiger partial charge in [0.1, 0.15) is 5.69 Å². The van der Waals surface area contributed by atoms with Crippen molar-refractivity contribution in [2.24, 2.45) is 0 Å². The Morgan fingerprint density at radius 1 is 1.21 bits per heavy atom. The van der Waals surface area contributed by atoms with E-state index in [1.165, 1.54) is 12.3 Å². The van der Waals surface area contributed by atoms with Crippen molar-refractivity contribution in [3.8, 4) is 0 Å². The first-order chi connectivity index (χ1) is 9.06. The van der Waals surface area contributed by atoms with Gasteiger partial charge >= 0.3 is 5.97 Å². The summed E-state index contributed by atoms with van der Waals surface area (Å²) < 4.78 is 0. The normalized spacial score (nSPS) is 10.2. The van der Waals surface area contributed by atoms with Gasteiger partial charge in [-0.1, -0.05) is 29.3 Å². The molecule has 0 unspecified atom stereocenters. The SMILES string of the molecule is O=C(O)c1ccc(NCc2ccc(Cl)c(Cl)c2)cn1. The molecule has 0 aliphatic heterocycles. The number of rotatable bonds is 4. The van der Waals surface area contributed by atoms with Crippen LogP contribution in [-0.2, 0) is 6.54 Å². The van der Waals surface area contributed by atoms with Gasteiger partial charge in [-0.25, -0.2) is 9.78 Å². The fourth-order valence-corrected chi connectivity index (χ4v) is 1.80. The van der Waals surface area contributed by atoms with Crippen LogP contribution in [-0.4, -0.2) is 16.1 Å². The molecule has 2 aromatic rings. The Morgan fingerprint density at radius 3 is 2.58 bits per heavy atom. The molecular weight excluding hydrogens is 287 g/mol. The van der Waals surface area contributed by atoms with E-state index in [1.807, 2.05) is 6.07 Å². The minimum absolute atomic E-state index is 0.0140. The minimum Gasteiger partial charge on any atom is -0.477 e. The number of anilines is 1. The molecule has 0 atom stereocenters. The number of aromatic carboxylic acids is 1. The van der Waals surface area contributed by atoms with E-state index in [1.54, 1.807) is 18.2 Å². The molecule has 1 heterocycles. The number of nitrogens with zero attached hydrogens (tertiary/aromatic N) is 1. The molecule has 2 N–H and O–H groups in total. The van der Waals surface area contributed by atoms with E-state index in [2.05, 4.69) is 10.3 Å². The van der Waals surface area contributed by atoms with Crippen LogP contribution in [0.4, 0.5) is 5.69 Å². The van der Waals surface area contributed by atoms with Gasteiger partial charge in [-0.2, -0.15) is 0 Å². The zero-order valence-electron chi connectivity index (χ0n) is 9.73. The Kier molecular flexibility index (Phi) is 4.24. The van der Waals surface area contributed by atoms with Gasteiger partial charge in [0, 0.05) is 6.54 Å². The lowest BCUT2D eigenvalue weighted by molar-refractivity contribution is 0.0690. The average Bonchev–Trinajstić information content (AvgIpc) is 2.40. The summed E-state index contributed by atoms with van der Waals surface area (Å²) in [7, 11) is 0. The molecule has 1 aromatic heterocycles. The Morgan fingerprint density at radius 2 is 2.00 bits per heavy atom. The maximum absolute atomic E-state index is 10.7. The standard InChI is InChI=1S/C13H10Cl2N2O2/c14-10-3-1-8(5-11(10)15)6-16-9-2-4-12(13(18)19)17-7-9/h1-5,7,16H,6H2,(H,18,19). The minimum atomic E-state index is -1.05. The van der Waals surface area contributed by atoms with E-state index in [9.17, 15) is 4.79 Å². The largest absolute Gasteiger partial charge is 0.477 e. The monoisotopic (exact) mass is 296 g/mol. The van der Waals surface area contributed by atoms with E-state index >= 15 is 0 Å². The molecular formula is C13H10Cl2N2O2. The van der Waals surface area contributed by atoms with Gasteiger partial charge in [-0.15, -0.1) is 0 Å². The van der Waals surface area contributed by atoms with Gasteiger partial charge < -0.3 is 10.4 Å². The van der Waals surface area contributed by atoms with Gasteiger partial charge in [0.25, 0.3) is 0 Å². The summed E-state index contributed by atoms with van der Waals surface area (Å²) in [6, 6.07) is 8.47. The number of hydrogen-bond acceptors (Lipinski definition) is 3. The molecule has 0 aliphatic rings. The van der Waals surface area contributed by atoms with Crippen LogP contribution in [0.1, 0.15) is 16.1 Å². The number of halogens is 2. The number of aromatic nitrogens is 1. The highest BCUT2D eigenvalue weighted by molar-refractivity contribution is 6.42. The third-order valence-electron chi connectivity index (χ3n) is 2.46. The van der Waals surface area contributed by atoms with Crippen LogP contribution in [0.15, 0.2) is 36.5 Å². The molecule has 4 nitrogen and oxygen atoms in total. The lowest BCUT2D eigenvalue weighted by atomic mass is 10.2. The summed E-state index contributed by atoms with van der Waals surface area (Å²) >= 11 is 11.7. The fraction of sp³-hybridized carbons (Fsp3) is 0.0769. The number of benzene rings is 1. The molecule has 98 valence electrons. The number of carboxylic acid groups (broad SMARTS) is 1. The van der Waals surface area contributed by atoms with Crippen LogP contribution in [0.2, 0.25) is 10.0 Å². The molecule has 0 spiro atoms. The maximum atomic E-state index is 10.7. The molecule has 0 aliphatic carbocycles. The summed E-state index contributed by atoms with van der Waals surface area (Å²) in [4.78, 5) is 14.5. The molecule has 1 aromatic carbocycles. The summed E-state index contributed by atoms with van der Waals surface area (Å²) in [5.41, 5.74) is 1.72. The molecule has 0 fully saturated rings. The van der Waals surface area contributed by atoms with Crippen molar-refractivity contribution < 1.29 is 9.90 Å². The second-order valence-electron chi connectivity index (χ2n) is 3.84. The predicted octanol–water partition coefficient (Wildman–Crippen LogP) is 3.70. The number of hydrogen-bond donors (Lipinski definition) is 2. The van der Waals surface area contributed by atoms with Gasteiger partial charge in [-0.05, 0) is 29.8 Å². The summed E-state index contributed by atoms with van der Waals surface area (Å²) in [6.07, 6.45) is 1.47. The molecule has 0 radical (unpaired) electrons. The molecule has 0 amide bonds. The van der Waals surface area contributed by atoms with Crippen molar-refractivity contribution in [3.63, 3.8) is 0 Å². The first-order valence-corrected chi connectivity index (χ1v) is 6.19. The zero-order chi connectivity index (χ0) is 13.8. The lowest BCUT2D eigenvalue weighted by Crippen LogP contribution is -2.03. The van der Waals surface area contributed by atoms with Crippen LogP contribution in [0.25, 0.3) is 0 Å². The summed E-state index contributed by atoms with van der Waals surface area (Å²) in [6.45, 7) is 0.547. The zero-order valence-corrected chi connectivity index (χ0v) is 11.2. The van der Waals surface area contributed by atoms with Crippen molar-refractivity contribution in [3.05, 3.63) is 57.8 Å². The summed E-state index contributed by atoms with van der Waals surface area (Å²) in [5, 5.41) is 12.9. The molecule has 0 saturated heterocycles. The number of carboxylic acids is 1. The lowest BCUT2D eigenvalue weighted by Gasteiger charge is -2.07. The molecule has 6 heteroatoms. The van der Waals surface area contributed by atoms with Crippen LogP contribution in [0.3, 0.4) is 0 Å². The smallest absolute Gasteiger partial charge is 0.354 e. The van der Waals surface area contributed by atoms with Gasteiger partial charge in [0.05, 0.1) is 21.9 Å². The molecule has 2 rings (SSSR count). The van der Waals surface area contributed by atoms with Crippen LogP contribution < -0.4 is 5.32 Å². The maximum Gasteiger partial charge on any atom is 0.354 e. The van der Waals surface area contributed by atoms with E-state index < -0.39 is 5.97 Å². The molecule has 0 bridgehead atoms. The average molecular weight is 297 g/mol. The van der Waals surface area contributed by atoms with Crippen molar-refractivity contribution >= 4 is 34.9 Å². The third-order valence-corrected chi connectivity index (χ3v) is 3.20. The second-order valence-corrected chi connectivity index (χ2v) is 4.65. The molecule has 19 heavy (non-hydrogen) atoms. The van der Waals surface area contributed by atoms with Crippen molar-refractivity contribution in [1.29, 1.82) is 0 Å². The van der Waals surface area contributed by atoms with Gasteiger partial charge in [0.2, 0.25) is 0 Å². The van der Waals surface area contributed by atoms with Crippen molar-refractivity contribution in [2.75, 3.05) is 5.32 Å². The van der Waals surface area contributed by atoms with Gasteiger partial charge in [0.15, 0.2) is 0 Å². The Balaban J connectivity index is 2.01. The topological polar surface area (TPSA) is 62.2 Å². The van der Waals surface area contributed by atoms with E-state index in [4.69, 9.17) is 28.3 Å². The van der Waals surface area contributed by atoms with Crippen molar-refractivity contribution in [2.45, 2.75) is 6.54 Å². The van der Waals surface area contributed by atoms with Gasteiger partial charge in [-0.3, -0.25) is 0 Å². The molecule has 0 saturated carbocycles. The number of nitrogens with one attached hydrogen (secondary N) is 1. The van der Waals surface area contributed by atoms with E-state index in [-0.39, 0.29) is 5.69 Å². The Labute approximate surface area is 120 Å². The van der Waals surface area contributed by atoms with Crippen LogP contribution >= 0.6 is 23.2 Å². The Bertz CT molecular complexity index is 600. The van der Waals surface area contributed by atoms with E-state index in [0.717, 1.165) is 11.3 Å². The van der Waals surface area contributed by atoms with Crippen LogP contribution in [0.5, 0.6) is 0 Å². The highest BCUT2D eigenvalue weighted by Gasteiger charge is 2.04. The predicted molar refractivity (Wildman–Crippen MR) is 75.0 cm³/mol. The highest BCUT2D eigenvalue weighted by Crippen LogP contribution is 2.23. The van der Waals surface area contributed by atoms with Crippen molar-refractivity contribution in [1.82, 2.24) is 4.98 Å².